The molecule has 1 atom stereocenters. The van der Waals surface area contributed by atoms with Crippen LogP contribution in [0, 0.1) is 13.8 Å². The molecule has 0 saturated heterocycles. The number of halogens is 1. The van der Waals surface area contributed by atoms with Gasteiger partial charge in [0.25, 0.3) is 10.0 Å². The number of hydrogen-bond donors (Lipinski definition) is 1. The first kappa shape index (κ1) is 33.7. The fourth-order valence-corrected chi connectivity index (χ4v) is 6.65. The summed E-state index contributed by atoms with van der Waals surface area (Å²) in [4.78, 5) is 30.0. The summed E-state index contributed by atoms with van der Waals surface area (Å²) in [5.41, 5.74) is 2.81. The Balaban J connectivity index is 1.83. The van der Waals surface area contributed by atoms with Gasteiger partial charge in [0.2, 0.25) is 11.8 Å². The highest BCUT2D eigenvalue weighted by Crippen LogP contribution is 2.31. The van der Waals surface area contributed by atoms with Crippen molar-refractivity contribution >= 4 is 39.1 Å². The molecule has 0 aliphatic rings. The van der Waals surface area contributed by atoms with Crippen molar-refractivity contribution in [3.63, 3.8) is 0 Å². The first-order chi connectivity index (χ1) is 21.3. The maximum absolute atomic E-state index is 14.6. The Hall–Kier alpha value is -4.14. The molecule has 0 aliphatic carbocycles. The predicted octanol–water partition coefficient (Wildman–Crippen LogP) is 6.71. The molecule has 0 aromatic heterocycles. The number of hydrogen-bond acceptors (Lipinski definition) is 4. The molecule has 0 heterocycles. The summed E-state index contributed by atoms with van der Waals surface area (Å²) in [6, 6.07) is 29.4. The molecule has 4 rings (SSSR count). The number of aryl methyl sites for hydroxylation is 1. The van der Waals surface area contributed by atoms with Crippen molar-refractivity contribution in [3.05, 3.63) is 130 Å². The minimum absolute atomic E-state index is 0.0428. The second-order valence-corrected chi connectivity index (χ2v) is 14.4. The van der Waals surface area contributed by atoms with E-state index in [4.69, 9.17) is 11.6 Å². The molecule has 45 heavy (non-hydrogen) atoms. The van der Waals surface area contributed by atoms with Gasteiger partial charge in [0.1, 0.15) is 12.6 Å². The number of rotatable bonds is 11. The van der Waals surface area contributed by atoms with Gasteiger partial charge in [-0.15, -0.1) is 0 Å². The van der Waals surface area contributed by atoms with Crippen molar-refractivity contribution in [2.75, 3.05) is 10.8 Å². The van der Waals surface area contributed by atoms with E-state index < -0.39 is 34.1 Å². The van der Waals surface area contributed by atoms with Gasteiger partial charge in [-0.05, 0) is 75.6 Å². The van der Waals surface area contributed by atoms with Crippen LogP contribution >= 0.6 is 11.6 Å². The SMILES string of the molecule is Cc1ccc(S(=O)(=O)N(CC(=O)N(Cc2ccccc2)C(Cc2ccccc2)C(=O)NC(C)(C)C)c2cccc(Cl)c2C)cc1. The quantitative estimate of drug-likeness (QED) is 0.197. The van der Waals surface area contributed by atoms with Crippen LogP contribution in [0.4, 0.5) is 5.69 Å². The summed E-state index contributed by atoms with van der Waals surface area (Å²) in [5, 5.41) is 3.41. The van der Waals surface area contributed by atoms with E-state index in [1.165, 1.54) is 17.0 Å². The fourth-order valence-electron chi connectivity index (χ4n) is 5.00. The molecule has 0 aliphatic heterocycles. The Morgan fingerprint density at radius 1 is 0.800 bits per heavy atom. The van der Waals surface area contributed by atoms with Crippen LogP contribution < -0.4 is 9.62 Å². The first-order valence-electron chi connectivity index (χ1n) is 14.8. The van der Waals surface area contributed by atoms with Crippen molar-refractivity contribution in [1.29, 1.82) is 0 Å². The highest BCUT2D eigenvalue weighted by molar-refractivity contribution is 7.92. The number of nitrogens with zero attached hydrogens (tertiary/aromatic N) is 2. The fraction of sp³-hybridized carbons (Fsp3) is 0.278. The summed E-state index contributed by atoms with van der Waals surface area (Å²) in [5.74, 6) is -0.860. The van der Waals surface area contributed by atoms with Crippen LogP contribution in [0.5, 0.6) is 0 Å². The molecule has 0 radical (unpaired) electrons. The molecule has 0 saturated carbocycles. The topological polar surface area (TPSA) is 86.8 Å². The lowest BCUT2D eigenvalue weighted by molar-refractivity contribution is -0.140. The summed E-state index contributed by atoms with van der Waals surface area (Å²) in [6.07, 6.45) is 0.238. The summed E-state index contributed by atoms with van der Waals surface area (Å²) in [6.45, 7) is 8.79. The lowest BCUT2D eigenvalue weighted by Gasteiger charge is -2.35. The van der Waals surface area contributed by atoms with Gasteiger partial charge in [-0.25, -0.2) is 8.42 Å². The van der Waals surface area contributed by atoms with Crippen molar-refractivity contribution in [3.8, 4) is 0 Å². The Morgan fingerprint density at radius 2 is 1.38 bits per heavy atom. The number of amides is 2. The third-order valence-electron chi connectivity index (χ3n) is 7.36. The van der Waals surface area contributed by atoms with E-state index >= 15 is 0 Å². The van der Waals surface area contributed by atoms with E-state index in [-0.39, 0.29) is 29.5 Å². The predicted molar refractivity (Wildman–Crippen MR) is 181 cm³/mol. The minimum Gasteiger partial charge on any atom is -0.350 e. The molecule has 4 aromatic carbocycles. The number of nitrogens with one attached hydrogen (secondary N) is 1. The van der Waals surface area contributed by atoms with Gasteiger partial charge < -0.3 is 10.2 Å². The highest BCUT2D eigenvalue weighted by atomic mass is 35.5. The second-order valence-electron chi connectivity index (χ2n) is 12.2. The molecule has 236 valence electrons. The van der Waals surface area contributed by atoms with Gasteiger partial charge in [0.05, 0.1) is 10.6 Å². The van der Waals surface area contributed by atoms with Crippen molar-refractivity contribution in [1.82, 2.24) is 10.2 Å². The van der Waals surface area contributed by atoms with Crippen molar-refractivity contribution in [2.45, 2.75) is 64.1 Å². The molecule has 0 fully saturated rings. The summed E-state index contributed by atoms with van der Waals surface area (Å²) < 4.78 is 29.6. The van der Waals surface area contributed by atoms with Crippen LogP contribution in [0.2, 0.25) is 5.02 Å². The third-order valence-corrected chi connectivity index (χ3v) is 9.54. The van der Waals surface area contributed by atoms with Gasteiger partial charge in [-0.1, -0.05) is 96.0 Å². The van der Waals surface area contributed by atoms with Crippen LogP contribution in [0.15, 0.2) is 108 Å². The Kier molecular flexibility index (Phi) is 10.7. The van der Waals surface area contributed by atoms with Crippen LogP contribution in [0.1, 0.15) is 43.0 Å². The van der Waals surface area contributed by atoms with E-state index in [1.807, 2.05) is 88.4 Å². The van der Waals surface area contributed by atoms with Crippen LogP contribution in [0.25, 0.3) is 0 Å². The molecule has 0 spiro atoms. The number of sulfonamides is 1. The minimum atomic E-state index is -4.22. The van der Waals surface area contributed by atoms with Gasteiger partial charge in [-0.3, -0.25) is 13.9 Å². The van der Waals surface area contributed by atoms with Crippen molar-refractivity contribution in [2.24, 2.45) is 0 Å². The molecule has 2 amide bonds. The largest absolute Gasteiger partial charge is 0.350 e. The van der Waals surface area contributed by atoms with Crippen LogP contribution in [-0.4, -0.2) is 43.3 Å². The third kappa shape index (κ3) is 8.74. The highest BCUT2D eigenvalue weighted by Gasteiger charge is 2.36. The van der Waals surface area contributed by atoms with E-state index in [0.29, 0.717) is 10.6 Å². The molecular weight excluding hydrogens is 606 g/mol. The lowest BCUT2D eigenvalue weighted by atomic mass is 10.0. The average Bonchev–Trinajstić information content (AvgIpc) is 2.99. The lowest BCUT2D eigenvalue weighted by Crippen LogP contribution is -2.56. The Morgan fingerprint density at radius 3 is 1.96 bits per heavy atom. The summed E-state index contributed by atoms with van der Waals surface area (Å²) >= 11 is 6.46. The van der Waals surface area contributed by atoms with Gasteiger partial charge in [-0.2, -0.15) is 0 Å². The standard InChI is InChI=1S/C36H40ClN3O4S/c1-26-19-21-30(22-20-26)45(43,44)40(32-18-12-17-31(37)27(32)2)25-34(41)39(24-29-15-10-7-11-16-29)33(35(42)38-36(3,4)5)23-28-13-8-6-9-14-28/h6-22,33H,23-25H2,1-5H3,(H,38,42). The van der Waals surface area contributed by atoms with Crippen molar-refractivity contribution < 1.29 is 18.0 Å². The number of benzene rings is 4. The smallest absolute Gasteiger partial charge is 0.264 e. The normalized spacial score (nSPS) is 12.3. The Bertz CT molecular complexity index is 1720. The monoisotopic (exact) mass is 645 g/mol. The summed E-state index contributed by atoms with van der Waals surface area (Å²) in [7, 11) is -4.22. The molecule has 1 unspecified atom stereocenters. The van der Waals surface area contributed by atoms with Crippen LogP contribution in [-0.2, 0) is 32.6 Å². The number of carbonyl (C=O) groups is 2. The molecule has 9 heteroatoms. The zero-order chi connectivity index (χ0) is 32.8. The van der Waals surface area contributed by atoms with Gasteiger partial charge in [0, 0.05) is 23.5 Å². The molecule has 4 aromatic rings. The van der Waals surface area contributed by atoms with E-state index in [0.717, 1.165) is 21.0 Å². The maximum atomic E-state index is 14.6. The molecule has 1 N–H and O–H groups in total. The zero-order valence-electron chi connectivity index (χ0n) is 26.3. The Labute approximate surface area is 271 Å². The number of carbonyl (C=O) groups excluding carboxylic acids is 2. The first-order valence-corrected chi connectivity index (χ1v) is 16.6. The molecule has 0 bridgehead atoms. The molecular formula is C36H40ClN3O4S. The van der Waals surface area contributed by atoms with E-state index in [9.17, 15) is 18.0 Å². The maximum Gasteiger partial charge on any atom is 0.264 e. The number of anilines is 1. The molecule has 7 nitrogen and oxygen atoms in total. The second kappa shape index (κ2) is 14.3. The van der Waals surface area contributed by atoms with E-state index in [2.05, 4.69) is 5.32 Å². The van der Waals surface area contributed by atoms with Gasteiger partial charge in [0.15, 0.2) is 0 Å². The van der Waals surface area contributed by atoms with Gasteiger partial charge >= 0.3 is 0 Å². The van der Waals surface area contributed by atoms with Crippen LogP contribution in [0.3, 0.4) is 0 Å². The average molecular weight is 646 g/mol. The zero-order valence-corrected chi connectivity index (χ0v) is 27.9. The van der Waals surface area contributed by atoms with E-state index in [1.54, 1.807) is 37.3 Å².